The highest BCUT2D eigenvalue weighted by atomic mass is 35.5. The first kappa shape index (κ1) is 11.3. The highest BCUT2D eigenvalue weighted by molar-refractivity contribution is 6.17. The van der Waals surface area contributed by atoms with E-state index in [2.05, 4.69) is 11.4 Å². The molecule has 0 spiro atoms. The van der Waals surface area contributed by atoms with Crippen LogP contribution in [0.2, 0.25) is 0 Å². The summed E-state index contributed by atoms with van der Waals surface area (Å²) in [5, 5.41) is 11.7. The van der Waals surface area contributed by atoms with Crippen molar-refractivity contribution in [3.05, 3.63) is 0 Å². The Labute approximate surface area is 89.4 Å². The van der Waals surface area contributed by atoms with Gasteiger partial charge in [0.05, 0.1) is 12.0 Å². The van der Waals surface area contributed by atoms with Gasteiger partial charge in [-0.15, -0.1) is 11.6 Å². The van der Waals surface area contributed by atoms with E-state index in [-0.39, 0.29) is 17.9 Å². The lowest BCUT2D eigenvalue weighted by atomic mass is 10.1. The van der Waals surface area contributed by atoms with Gasteiger partial charge in [-0.1, -0.05) is 0 Å². The van der Waals surface area contributed by atoms with Crippen LogP contribution in [0.4, 0.5) is 0 Å². The minimum Gasteiger partial charge on any atom is -0.352 e. The fourth-order valence-electron chi connectivity index (χ4n) is 1.79. The predicted octanol–water partition coefficient (Wildman–Crippen LogP) is 1.81. The van der Waals surface area contributed by atoms with Gasteiger partial charge < -0.3 is 5.32 Å². The minimum atomic E-state index is 0.00921. The van der Waals surface area contributed by atoms with Crippen LogP contribution in [-0.4, -0.2) is 17.8 Å². The number of hydrogen-bond donors (Lipinski definition) is 1. The van der Waals surface area contributed by atoms with Gasteiger partial charge >= 0.3 is 0 Å². The number of carbonyl (C=O) groups excluding carboxylic acids is 1. The number of carbonyl (C=O) groups is 1. The smallest absolute Gasteiger partial charge is 0.220 e. The standard InChI is InChI=1S/C10H15ClN2O/c11-6-2-5-10(14)13-9-4-1-3-8(9)7-12/h8-9H,1-6H2,(H,13,14). The number of nitriles is 1. The Morgan fingerprint density at radius 2 is 2.36 bits per heavy atom. The zero-order valence-corrected chi connectivity index (χ0v) is 8.89. The lowest BCUT2D eigenvalue weighted by Crippen LogP contribution is -2.36. The zero-order valence-electron chi connectivity index (χ0n) is 8.13. The monoisotopic (exact) mass is 214 g/mol. The van der Waals surface area contributed by atoms with Crippen molar-refractivity contribution < 1.29 is 4.79 Å². The van der Waals surface area contributed by atoms with E-state index >= 15 is 0 Å². The van der Waals surface area contributed by atoms with Gasteiger partial charge in [-0.25, -0.2) is 0 Å². The lowest BCUT2D eigenvalue weighted by Gasteiger charge is -2.15. The molecule has 1 N–H and O–H groups in total. The van der Waals surface area contributed by atoms with Crippen molar-refractivity contribution in [3.63, 3.8) is 0 Å². The maximum absolute atomic E-state index is 11.3. The summed E-state index contributed by atoms with van der Waals surface area (Å²) < 4.78 is 0. The molecule has 1 saturated carbocycles. The van der Waals surface area contributed by atoms with Crippen LogP contribution in [0.15, 0.2) is 0 Å². The van der Waals surface area contributed by atoms with Gasteiger partial charge in [-0.3, -0.25) is 4.79 Å². The van der Waals surface area contributed by atoms with Gasteiger partial charge in [-0.05, 0) is 25.7 Å². The molecule has 0 aromatic heterocycles. The fourth-order valence-corrected chi connectivity index (χ4v) is 1.93. The Hall–Kier alpha value is -0.750. The number of alkyl halides is 1. The molecule has 2 atom stereocenters. The van der Waals surface area contributed by atoms with Crippen LogP contribution in [-0.2, 0) is 4.79 Å². The molecule has 78 valence electrons. The molecule has 0 aromatic rings. The van der Waals surface area contributed by atoms with Gasteiger partial charge in [0.1, 0.15) is 0 Å². The average molecular weight is 215 g/mol. The first-order valence-electron chi connectivity index (χ1n) is 5.03. The molecule has 0 radical (unpaired) electrons. The molecule has 0 aromatic carbocycles. The van der Waals surface area contributed by atoms with Gasteiger partial charge in [0, 0.05) is 18.3 Å². The van der Waals surface area contributed by atoms with Crippen molar-refractivity contribution in [2.45, 2.75) is 38.1 Å². The fraction of sp³-hybridized carbons (Fsp3) is 0.800. The molecule has 0 heterocycles. The summed E-state index contributed by atoms with van der Waals surface area (Å²) in [6.45, 7) is 0. The van der Waals surface area contributed by atoms with Crippen LogP contribution >= 0.6 is 11.6 Å². The zero-order chi connectivity index (χ0) is 10.4. The third kappa shape index (κ3) is 3.19. The molecule has 0 bridgehead atoms. The second kappa shape index (κ2) is 5.87. The second-order valence-corrected chi connectivity index (χ2v) is 4.01. The Kier molecular flexibility index (Phi) is 4.75. The number of halogens is 1. The molecular formula is C10H15ClN2O. The summed E-state index contributed by atoms with van der Waals surface area (Å²) >= 11 is 5.49. The third-order valence-electron chi connectivity index (χ3n) is 2.57. The minimum absolute atomic E-state index is 0.00921. The molecule has 2 unspecified atom stereocenters. The first-order chi connectivity index (χ1) is 6.77. The van der Waals surface area contributed by atoms with Crippen LogP contribution in [0.5, 0.6) is 0 Å². The molecule has 1 aliphatic rings. The Morgan fingerprint density at radius 1 is 1.57 bits per heavy atom. The normalized spacial score (nSPS) is 25.7. The van der Waals surface area contributed by atoms with Gasteiger partial charge in [0.15, 0.2) is 0 Å². The molecule has 1 aliphatic carbocycles. The van der Waals surface area contributed by atoms with Gasteiger partial charge in [0.2, 0.25) is 5.91 Å². The largest absolute Gasteiger partial charge is 0.352 e. The summed E-state index contributed by atoms with van der Waals surface area (Å²) in [5.41, 5.74) is 0. The predicted molar refractivity (Wildman–Crippen MR) is 54.8 cm³/mol. The van der Waals surface area contributed by atoms with E-state index in [1.807, 2.05) is 0 Å². The van der Waals surface area contributed by atoms with Crippen molar-refractivity contribution >= 4 is 17.5 Å². The summed E-state index contributed by atoms with van der Waals surface area (Å²) in [5.74, 6) is 0.549. The van der Waals surface area contributed by atoms with Crippen molar-refractivity contribution in [3.8, 4) is 6.07 Å². The van der Waals surface area contributed by atoms with E-state index in [9.17, 15) is 4.79 Å². The maximum Gasteiger partial charge on any atom is 0.220 e. The van der Waals surface area contributed by atoms with Gasteiger partial charge in [0.25, 0.3) is 0 Å². The van der Waals surface area contributed by atoms with E-state index in [4.69, 9.17) is 16.9 Å². The molecule has 0 saturated heterocycles. The maximum atomic E-state index is 11.3. The number of amides is 1. The lowest BCUT2D eigenvalue weighted by molar-refractivity contribution is -0.121. The van der Waals surface area contributed by atoms with E-state index in [0.29, 0.717) is 18.7 Å². The quantitative estimate of drug-likeness (QED) is 0.726. The van der Waals surface area contributed by atoms with Crippen molar-refractivity contribution in [1.82, 2.24) is 5.32 Å². The molecular weight excluding hydrogens is 200 g/mol. The van der Waals surface area contributed by atoms with Crippen LogP contribution < -0.4 is 5.32 Å². The van der Waals surface area contributed by atoms with Gasteiger partial charge in [-0.2, -0.15) is 5.26 Å². The summed E-state index contributed by atoms with van der Waals surface area (Å²) in [4.78, 5) is 11.3. The average Bonchev–Trinajstić information content (AvgIpc) is 2.62. The Balaban J connectivity index is 2.29. The molecule has 1 amide bonds. The van der Waals surface area contributed by atoms with E-state index in [0.717, 1.165) is 19.3 Å². The van der Waals surface area contributed by atoms with Crippen LogP contribution in [0, 0.1) is 17.2 Å². The molecule has 1 fully saturated rings. The molecule has 0 aliphatic heterocycles. The summed E-state index contributed by atoms with van der Waals surface area (Å²) in [7, 11) is 0. The van der Waals surface area contributed by atoms with E-state index < -0.39 is 0 Å². The first-order valence-corrected chi connectivity index (χ1v) is 5.56. The van der Waals surface area contributed by atoms with E-state index in [1.54, 1.807) is 0 Å². The Bertz CT molecular complexity index is 237. The molecule has 14 heavy (non-hydrogen) atoms. The summed E-state index contributed by atoms with van der Waals surface area (Å²) in [6, 6.07) is 2.31. The Morgan fingerprint density at radius 3 is 3.00 bits per heavy atom. The number of hydrogen-bond acceptors (Lipinski definition) is 2. The molecule has 4 heteroatoms. The van der Waals surface area contributed by atoms with Crippen LogP contribution in [0.1, 0.15) is 32.1 Å². The highest BCUT2D eigenvalue weighted by Gasteiger charge is 2.27. The van der Waals surface area contributed by atoms with Crippen LogP contribution in [0.25, 0.3) is 0 Å². The molecule has 1 rings (SSSR count). The van der Waals surface area contributed by atoms with Crippen molar-refractivity contribution in [2.24, 2.45) is 5.92 Å². The SMILES string of the molecule is N#CC1CCCC1NC(=O)CCCCl. The van der Waals surface area contributed by atoms with Crippen LogP contribution in [0.3, 0.4) is 0 Å². The third-order valence-corrected chi connectivity index (χ3v) is 2.83. The second-order valence-electron chi connectivity index (χ2n) is 3.63. The number of nitrogens with one attached hydrogen (secondary N) is 1. The van der Waals surface area contributed by atoms with Crippen molar-refractivity contribution in [1.29, 1.82) is 5.26 Å². The number of rotatable bonds is 4. The van der Waals surface area contributed by atoms with Crippen molar-refractivity contribution in [2.75, 3.05) is 5.88 Å². The summed E-state index contributed by atoms with van der Waals surface area (Å²) in [6.07, 6.45) is 4.07. The molecule has 3 nitrogen and oxygen atoms in total. The highest BCUT2D eigenvalue weighted by Crippen LogP contribution is 2.24. The topological polar surface area (TPSA) is 52.9 Å². The van der Waals surface area contributed by atoms with E-state index in [1.165, 1.54) is 0 Å². The number of nitrogens with zero attached hydrogens (tertiary/aromatic N) is 1.